The van der Waals surface area contributed by atoms with E-state index in [2.05, 4.69) is 18.8 Å². The van der Waals surface area contributed by atoms with Crippen LogP contribution in [0.25, 0.3) is 0 Å². The standard InChI is InChI=1S/C17H31NO/c1-3-5-7-9-11-13-16(12-10-8-6-4-2)17-14-18-15-19-17/h14-16H,3-13H2,1-2H3. The van der Waals surface area contributed by atoms with E-state index in [9.17, 15) is 0 Å². The average molecular weight is 265 g/mol. The van der Waals surface area contributed by atoms with Crippen LogP contribution in [0.4, 0.5) is 0 Å². The van der Waals surface area contributed by atoms with E-state index in [1.807, 2.05) is 6.20 Å². The van der Waals surface area contributed by atoms with E-state index in [-0.39, 0.29) is 0 Å². The minimum Gasteiger partial charge on any atom is -0.448 e. The van der Waals surface area contributed by atoms with Crippen molar-refractivity contribution in [3.8, 4) is 0 Å². The summed E-state index contributed by atoms with van der Waals surface area (Å²) in [5.41, 5.74) is 0. The van der Waals surface area contributed by atoms with Gasteiger partial charge in [0.1, 0.15) is 5.76 Å². The minimum absolute atomic E-state index is 0.598. The van der Waals surface area contributed by atoms with Crippen LogP contribution in [0.3, 0.4) is 0 Å². The van der Waals surface area contributed by atoms with E-state index in [0.29, 0.717) is 5.92 Å². The smallest absolute Gasteiger partial charge is 0.180 e. The molecule has 0 fully saturated rings. The lowest BCUT2D eigenvalue weighted by atomic mass is 9.92. The number of rotatable bonds is 12. The molecule has 0 aliphatic heterocycles. The summed E-state index contributed by atoms with van der Waals surface area (Å²) in [6.07, 6.45) is 18.2. The average Bonchev–Trinajstić information content (AvgIpc) is 2.95. The van der Waals surface area contributed by atoms with Crippen LogP contribution in [0.2, 0.25) is 0 Å². The largest absolute Gasteiger partial charge is 0.448 e. The number of aromatic nitrogens is 1. The molecule has 1 heterocycles. The van der Waals surface area contributed by atoms with Crippen LogP contribution in [0.1, 0.15) is 96.2 Å². The predicted molar refractivity (Wildman–Crippen MR) is 81.4 cm³/mol. The molecular formula is C17H31NO. The summed E-state index contributed by atoms with van der Waals surface area (Å²) < 4.78 is 5.52. The summed E-state index contributed by atoms with van der Waals surface area (Å²) in [7, 11) is 0. The third-order valence-electron chi connectivity index (χ3n) is 3.92. The lowest BCUT2D eigenvalue weighted by Crippen LogP contribution is -1.98. The zero-order chi connectivity index (χ0) is 13.8. The van der Waals surface area contributed by atoms with E-state index in [0.717, 1.165) is 5.76 Å². The van der Waals surface area contributed by atoms with Crippen molar-refractivity contribution < 1.29 is 4.42 Å². The molecule has 0 aromatic carbocycles. The fourth-order valence-corrected chi connectivity index (χ4v) is 2.67. The van der Waals surface area contributed by atoms with Crippen LogP contribution in [-0.2, 0) is 0 Å². The van der Waals surface area contributed by atoms with Gasteiger partial charge in [0.05, 0.1) is 6.20 Å². The molecule has 0 N–H and O–H groups in total. The summed E-state index contributed by atoms with van der Waals surface area (Å²) in [6.45, 7) is 4.53. The second-order valence-electron chi connectivity index (χ2n) is 5.65. The fourth-order valence-electron chi connectivity index (χ4n) is 2.67. The lowest BCUT2D eigenvalue weighted by Gasteiger charge is -2.13. The third kappa shape index (κ3) is 7.39. The maximum absolute atomic E-state index is 5.52. The van der Waals surface area contributed by atoms with Gasteiger partial charge in [-0.3, -0.25) is 0 Å². The van der Waals surface area contributed by atoms with E-state index >= 15 is 0 Å². The Hall–Kier alpha value is -0.790. The van der Waals surface area contributed by atoms with Crippen LogP contribution in [0.15, 0.2) is 17.0 Å². The quantitative estimate of drug-likeness (QED) is 0.427. The van der Waals surface area contributed by atoms with Crippen molar-refractivity contribution in [2.75, 3.05) is 0 Å². The molecule has 0 radical (unpaired) electrons. The minimum atomic E-state index is 0.598. The molecule has 1 unspecified atom stereocenters. The zero-order valence-electron chi connectivity index (χ0n) is 12.9. The van der Waals surface area contributed by atoms with Gasteiger partial charge in [0, 0.05) is 5.92 Å². The van der Waals surface area contributed by atoms with Gasteiger partial charge in [-0.05, 0) is 12.8 Å². The van der Waals surface area contributed by atoms with E-state index < -0.39 is 0 Å². The van der Waals surface area contributed by atoms with Crippen LogP contribution >= 0.6 is 0 Å². The molecule has 110 valence electrons. The van der Waals surface area contributed by atoms with Crippen LogP contribution in [0.5, 0.6) is 0 Å². The van der Waals surface area contributed by atoms with Crippen molar-refractivity contribution in [2.24, 2.45) is 0 Å². The molecule has 0 bridgehead atoms. The molecule has 2 heteroatoms. The lowest BCUT2D eigenvalue weighted by molar-refractivity contribution is 0.405. The van der Waals surface area contributed by atoms with E-state index in [1.165, 1.54) is 70.6 Å². The maximum atomic E-state index is 5.52. The van der Waals surface area contributed by atoms with Crippen LogP contribution < -0.4 is 0 Å². The van der Waals surface area contributed by atoms with Gasteiger partial charge >= 0.3 is 0 Å². The summed E-state index contributed by atoms with van der Waals surface area (Å²) in [5, 5.41) is 0. The Morgan fingerprint density at radius 1 is 0.895 bits per heavy atom. The highest BCUT2D eigenvalue weighted by molar-refractivity contribution is 4.98. The summed E-state index contributed by atoms with van der Waals surface area (Å²) >= 11 is 0. The van der Waals surface area contributed by atoms with Crippen molar-refractivity contribution in [2.45, 2.75) is 90.4 Å². The van der Waals surface area contributed by atoms with Crippen molar-refractivity contribution in [1.82, 2.24) is 4.98 Å². The van der Waals surface area contributed by atoms with E-state index in [4.69, 9.17) is 4.42 Å². The first-order chi connectivity index (χ1) is 9.38. The highest BCUT2D eigenvalue weighted by Crippen LogP contribution is 2.28. The van der Waals surface area contributed by atoms with Gasteiger partial charge in [0.25, 0.3) is 0 Å². The number of nitrogens with zero attached hydrogens (tertiary/aromatic N) is 1. The number of hydrogen-bond acceptors (Lipinski definition) is 2. The molecule has 0 spiro atoms. The summed E-state index contributed by atoms with van der Waals surface area (Å²) in [4.78, 5) is 4.08. The third-order valence-corrected chi connectivity index (χ3v) is 3.92. The molecule has 19 heavy (non-hydrogen) atoms. The normalized spacial score (nSPS) is 12.7. The highest BCUT2D eigenvalue weighted by Gasteiger charge is 2.14. The van der Waals surface area contributed by atoms with Gasteiger partial charge in [-0.25, -0.2) is 4.98 Å². The van der Waals surface area contributed by atoms with Gasteiger partial charge < -0.3 is 4.42 Å². The predicted octanol–water partition coefficient (Wildman–Crippen LogP) is 6.09. The molecule has 0 aliphatic carbocycles. The molecule has 1 rings (SSSR count). The molecule has 1 aromatic heterocycles. The van der Waals surface area contributed by atoms with Crippen molar-refractivity contribution >= 4 is 0 Å². The van der Waals surface area contributed by atoms with Gasteiger partial charge in [0.2, 0.25) is 0 Å². The molecular weight excluding hydrogens is 234 g/mol. The Morgan fingerprint density at radius 3 is 2.00 bits per heavy atom. The molecule has 1 aromatic rings. The van der Waals surface area contributed by atoms with Gasteiger partial charge in [-0.2, -0.15) is 0 Å². The van der Waals surface area contributed by atoms with Crippen LogP contribution in [-0.4, -0.2) is 4.98 Å². The molecule has 1 atom stereocenters. The zero-order valence-corrected chi connectivity index (χ0v) is 12.9. The van der Waals surface area contributed by atoms with Crippen molar-refractivity contribution in [3.05, 3.63) is 18.4 Å². The monoisotopic (exact) mass is 265 g/mol. The Labute approximate surface area is 119 Å². The Morgan fingerprint density at radius 2 is 1.47 bits per heavy atom. The van der Waals surface area contributed by atoms with Gasteiger partial charge in [0.15, 0.2) is 6.39 Å². The number of oxazole rings is 1. The second kappa shape index (κ2) is 11.1. The van der Waals surface area contributed by atoms with E-state index in [1.54, 1.807) is 6.39 Å². The molecule has 0 amide bonds. The first kappa shape index (κ1) is 16.3. The summed E-state index contributed by atoms with van der Waals surface area (Å²) in [5.74, 6) is 1.70. The van der Waals surface area contributed by atoms with Crippen molar-refractivity contribution in [1.29, 1.82) is 0 Å². The molecule has 0 aliphatic rings. The highest BCUT2D eigenvalue weighted by atomic mass is 16.3. The maximum Gasteiger partial charge on any atom is 0.180 e. The first-order valence-corrected chi connectivity index (χ1v) is 8.26. The second-order valence-corrected chi connectivity index (χ2v) is 5.65. The molecule has 0 saturated heterocycles. The van der Waals surface area contributed by atoms with Gasteiger partial charge in [-0.1, -0.05) is 71.6 Å². The SMILES string of the molecule is CCCCCCCC(CCCCCC)c1cnco1. The molecule has 2 nitrogen and oxygen atoms in total. The number of unbranched alkanes of at least 4 members (excludes halogenated alkanes) is 7. The summed E-state index contributed by atoms with van der Waals surface area (Å²) in [6, 6.07) is 0. The first-order valence-electron chi connectivity index (χ1n) is 8.26. The van der Waals surface area contributed by atoms with Crippen LogP contribution in [0, 0.1) is 0 Å². The number of hydrogen-bond donors (Lipinski definition) is 0. The Balaban J connectivity index is 2.25. The molecule has 0 saturated carbocycles. The Bertz CT molecular complexity index is 281. The Kier molecular flexibility index (Phi) is 9.48. The fraction of sp³-hybridized carbons (Fsp3) is 0.824. The van der Waals surface area contributed by atoms with Gasteiger partial charge in [-0.15, -0.1) is 0 Å². The van der Waals surface area contributed by atoms with Crippen molar-refractivity contribution in [3.63, 3.8) is 0 Å². The topological polar surface area (TPSA) is 26.0 Å².